The number of fused-ring (bicyclic) bond motifs is 1. The molecular formula is C23H31N5O3. The van der Waals surface area contributed by atoms with Crippen LogP contribution >= 0.6 is 0 Å². The molecular weight excluding hydrogens is 394 g/mol. The van der Waals surface area contributed by atoms with Gasteiger partial charge in [-0.25, -0.2) is 4.98 Å². The van der Waals surface area contributed by atoms with Gasteiger partial charge in [0.1, 0.15) is 17.3 Å². The van der Waals surface area contributed by atoms with E-state index in [4.69, 9.17) is 14.5 Å². The van der Waals surface area contributed by atoms with Crippen molar-refractivity contribution in [2.75, 3.05) is 48.5 Å². The lowest BCUT2D eigenvalue weighted by atomic mass is 9.83. The maximum absolute atomic E-state index is 12.7. The highest BCUT2D eigenvalue weighted by Gasteiger charge is 2.41. The minimum absolute atomic E-state index is 0.0213. The fourth-order valence-corrected chi connectivity index (χ4v) is 4.53. The van der Waals surface area contributed by atoms with E-state index in [-0.39, 0.29) is 23.9 Å². The molecule has 1 saturated heterocycles. The topological polar surface area (TPSA) is 79.8 Å². The Kier molecular flexibility index (Phi) is 6.00. The van der Waals surface area contributed by atoms with Crippen LogP contribution in [0.5, 0.6) is 5.88 Å². The molecule has 31 heavy (non-hydrogen) atoms. The highest BCUT2D eigenvalue weighted by Crippen LogP contribution is 2.47. The summed E-state index contributed by atoms with van der Waals surface area (Å²) in [7, 11) is 1.61. The standard InChI is InChI=1S/C23H31N5O3/c1-14-7-6-8-19(24-14)25-21-15(2)16(3)28(17(4)29)22-18(21)13-20(26-23(22)30-5)27-9-11-31-12-10-27/h6-8,13,15-16,21H,9-12H2,1-5H3,(H,24,25)/t15?,16-,21?/m0/s1. The quantitative estimate of drug-likeness (QED) is 0.806. The van der Waals surface area contributed by atoms with E-state index in [1.165, 1.54) is 0 Å². The summed E-state index contributed by atoms with van der Waals surface area (Å²) < 4.78 is 11.2. The largest absolute Gasteiger partial charge is 0.479 e. The van der Waals surface area contributed by atoms with E-state index in [0.717, 1.165) is 41.7 Å². The van der Waals surface area contributed by atoms with Crippen LogP contribution in [0.4, 0.5) is 17.3 Å². The minimum atomic E-state index is -0.0495. The molecule has 8 heteroatoms. The first kappa shape index (κ1) is 21.4. The van der Waals surface area contributed by atoms with Crippen molar-refractivity contribution in [3.8, 4) is 5.88 Å². The minimum Gasteiger partial charge on any atom is -0.479 e. The van der Waals surface area contributed by atoms with Crippen molar-refractivity contribution in [3.05, 3.63) is 35.5 Å². The molecule has 166 valence electrons. The van der Waals surface area contributed by atoms with E-state index in [2.05, 4.69) is 35.1 Å². The maximum atomic E-state index is 12.7. The zero-order chi connectivity index (χ0) is 22.1. The summed E-state index contributed by atoms with van der Waals surface area (Å²) in [4.78, 5) is 26.1. The van der Waals surface area contributed by atoms with Crippen LogP contribution in [0.15, 0.2) is 24.3 Å². The Labute approximate surface area is 183 Å². The lowest BCUT2D eigenvalue weighted by Crippen LogP contribution is -2.49. The second kappa shape index (κ2) is 8.70. The van der Waals surface area contributed by atoms with Crippen molar-refractivity contribution in [1.29, 1.82) is 0 Å². The van der Waals surface area contributed by atoms with Crippen LogP contribution in [0, 0.1) is 12.8 Å². The Balaban J connectivity index is 1.85. The number of nitrogens with one attached hydrogen (secondary N) is 1. The predicted molar refractivity (Wildman–Crippen MR) is 121 cm³/mol. The number of hydrogen-bond acceptors (Lipinski definition) is 7. The number of hydrogen-bond donors (Lipinski definition) is 1. The Morgan fingerprint density at radius 2 is 1.97 bits per heavy atom. The monoisotopic (exact) mass is 425 g/mol. The molecule has 8 nitrogen and oxygen atoms in total. The normalized spacial score (nSPS) is 23.3. The van der Waals surface area contributed by atoms with Gasteiger partial charge in [-0.2, -0.15) is 4.98 Å². The molecule has 0 aliphatic carbocycles. The van der Waals surface area contributed by atoms with Crippen LogP contribution in [0.3, 0.4) is 0 Å². The molecule has 0 radical (unpaired) electrons. The number of nitrogens with zero attached hydrogens (tertiary/aromatic N) is 4. The molecule has 1 fully saturated rings. The molecule has 3 atom stereocenters. The number of amides is 1. The first-order chi connectivity index (χ1) is 14.9. The summed E-state index contributed by atoms with van der Waals surface area (Å²) in [5, 5.41) is 3.62. The van der Waals surface area contributed by atoms with E-state index < -0.39 is 0 Å². The van der Waals surface area contributed by atoms with Gasteiger partial charge < -0.3 is 24.6 Å². The van der Waals surface area contributed by atoms with E-state index in [1.807, 2.05) is 30.0 Å². The molecule has 0 saturated carbocycles. The molecule has 4 rings (SSSR count). The number of aryl methyl sites for hydroxylation is 1. The Morgan fingerprint density at radius 1 is 1.23 bits per heavy atom. The fraction of sp³-hybridized carbons (Fsp3) is 0.522. The van der Waals surface area contributed by atoms with Gasteiger partial charge in [0.2, 0.25) is 11.8 Å². The summed E-state index contributed by atoms with van der Waals surface area (Å²) >= 11 is 0. The van der Waals surface area contributed by atoms with E-state index in [9.17, 15) is 4.79 Å². The van der Waals surface area contributed by atoms with Gasteiger partial charge in [0.05, 0.1) is 26.4 Å². The van der Waals surface area contributed by atoms with Crippen molar-refractivity contribution < 1.29 is 14.3 Å². The molecule has 4 heterocycles. The molecule has 2 aliphatic rings. The zero-order valence-corrected chi connectivity index (χ0v) is 18.9. The van der Waals surface area contributed by atoms with Crippen molar-refractivity contribution in [2.24, 2.45) is 5.92 Å². The third-order valence-corrected chi connectivity index (χ3v) is 6.31. The van der Waals surface area contributed by atoms with Crippen LogP contribution in [-0.4, -0.2) is 55.3 Å². The second-order valence-corrected chi connectivity index (χ2v) is 8.30. The van der Waals surface area contributed by atoms with Gasteiger partial charge in [-0.05, 0) is 32.0 Å². The van der Waals surface area contributed by atoms with Crippen molar-refractivity contribution in [3.63, 3.8) is 0 Å². The van der Waals surface area contributed by atoms with Crippen molar-refractivity contribution >= 4 is 23.2 Å². The fourth-order valence-electron chi connectivity index (χ4n) is 4.53. The van der Waals surface area contributed by atoms with Crippen LogP contribution < -0.4 is 19.9 Å². The molecule has 2 aliphatic heterocycles. The number of methoxy groups -OCH3 is 1. The first-order valence-electron chi connectivity index (χ1n) is 10.8. The molecule has 2 aromatic rings. The molecule has 1 N–H and O–H groups in total. The second-order valence-electron chi connectivity index (χ2n) is 8.30. The summed E-state index contributed by atoms with van der Waals surface area (Å²) in [6.07, 6.45) is 0. The number of pyridine rings is 2. The highest BCUT2D eigenvalue weighted by atomic mass is 16.5. The Hall–Kier alpha value is -2.87. The van der Waals surface area contributed by atoms with Gasteiger partial charge in [0.25, 0.3) is 0 Å². The van der Waals surface area contributed by atoms with Gasteiger partial charge in [-0.15, -0.1) is 0 Å². The van der Waals surface area contributed by atoms with Crippen LogP contribution in [-0.2, 0) is 9.53 Å². The lowest BCUT2D eigenvalue weighted by Gasteiger charge is -2.44. The van der Waals surface area contributed by atoms with E-state index in [1.54, 1.807) is 14.0 Å². The molecule has 1 amide bonds. The van der Waals surface area contributed by atoms with Gasteiger partial charge in [-0.1, -0.05) is 13.0 Å². The van der Waals surface area contributed by atoms with E-state index in [0.29, 0.717) is 19.1 Å². The van der Waals surface area contributed by atoms with Crippen molar-refractivity contribution in [2.45, 2.75) is 39.8 Å². The van der Waals surface area contributed by atoms with Gasteiger partial charge >= 0.3 is 0 Å². The average Bonchev–Trinajstić information content (AvgIpc) is 2.77. The summed E-state index contributed by atoms with van der Waals surface area (Å²) in [5.41, 5.74) is 2.69. The number of ether oxygens (including phenoxy) is 2. The Morgan fingerprint density at radius 3 is 2.61 bits per heavy atom. The molecule has 0 spiro atoms. The first-order valence-corrected chi connectivity index (χ1v) is 10.8. The highest BCUT2D eigenvalue weighted by molar-refractivity contribution is 5.95. The molecule has 2 aromatic heterocycles. The SMILES string of the molecule is COc1nc(N2CCOCC2)cc2c1N(C(C)=O)[C@@H](C)C(C)C2Nc1cccc(C)n1. The number of morpholine rings is 1. The smallest absolute Gasteiger partial charge is 0.240 e. The van der Waals surface area contributed by atoms with Gasteiger partial charge in [0, 0.05) is 43.2 Å². The van der Waals surface area contributed by atoms with E-state index >= 15 is 0 Å². The Bertz CT molecular complexity index is 960. The summed E-state index contributed by atoms with van der Waals surface area (Å²) in [6.45, 7) is 10.7. The van der Waals surface area contributed by atoms with Gasteiger partial charge in [-0.3, -0.25) is 4.79 Å². The molecule has 2 unspecified atom stereocenters. The zero-order valence-electron chi connectivity index (χ0n) is 18.9. The van der Waals surface area contributed by atoms with Crippen LogP contribution in [0.1, 0.15) is 38.1 Å². The summed E-state index contributed by atoms with van der Waals surface area (Å²) in [6, 6.07) is 7.96. The molecule has 0 bridgehead atoms. The number of carbonyl (C=O) groups is 1. The third kappa shape index (κ3) is 4.04. The average molecular weight is 426 g/mol. The summed E-state index contributed by atoms with van der Waals surface area (Å²) in [5.74, 6) is 2.25. The third-order valence-electron chi connectivity index (χ3n) is 6.31. The number of rotatable bonds is 4. The molecule has 0 aromatic carbocycles. The maximum Gasteiger partial charge on any atom is 0.240 e. The number of aromatic nitrogens is 2. The lowest BCUT2D eigenvalue weighted by molar-refractivity contribution is -0.117. The number of carbonyl (C=O) groups excluding carboxylic acids is 1. The van der Waals surface area contributed by atoms with Crippen LogP contribution in [0.2, 0.25) is 0 Å². The van der Waals surface area contributed by atoms with Gasteiger partial charge in [0.15, 0.2) is 0 Å². The number of anilines is 3. The predicted octanol–water partition coefficient (Wildman–Crippen LogP) is 3.17. The van der Waals surface area contributed by atoms with Crippen LogP contribution in [0.25, 0.3) is 0 Å². The van der Waals surface area contributed by atoms with Crippen molar-refractivity contribution in [1.82, 2.24) is 9.97 Å².